The third kappa shape index (κ3) is 8.56. The molecule has 7 nitrogen and oxygen atoms in total. The van der Waals surface area contributed by atoms with Gasteiger partial charge in [0.15, 0.2) is 0 Å². The molecule has 0 aliphatic heterocycles. The predicted molar refractivity (Wildman–Crippen MR) is 157 cm³/mol. The molecule has 0 spiro atoms. The van der Waals surface area contributed by atoms with Gasteiger partial charge in [0.25, 0.3) is 0 Å². The highest BCUT2D eigenvalue weighted by atomic mass is 16.6. The molecule has 0 saturated carbocycles. The van der Waals surface area contributed by atoms with Crippen LogP contribution in [0.15, 0.2) is 60.8 Å². The summed E-state index contributed by atoms with van der Waals surface area (Å²) < 4.78 is 5.93. The first kappa shape index (κ1) is 30.7. The van der Waals surface area contributed by atoms with Gasteiger partial charge < -0.3 is 31.0 Å². The average Bonchev–Trinajstić information content (AvgIpc) is 3.33. The van der Waals surface area contributed by atoms with Gasteiger partial charge in [-0.3, -0.25) is 0 Å². The lowest BCUT2D eigenvalue weighted by atomic mass is 9.79. The molecule has 1 amide bonds. The lowest BCUT2D eigenvalue weighted by Gasteiger charge is -2.43. The second-order valence-electron chi connectivity index (χ2n) is 11.1. The van der Waals surface area contributed by atoms with Crippen LogP contribution in [-0.2, 0) is 11.2 Å². The van der Waals surface area contributed by atoms with Crippen LogP contribution in [-0.4, -0.2) is 45.6 Å². The van der Waals surface area contributed by atoms with Crippen molar-refractivity contribution < 1.29 is 19.7 Å². The number of aliphatic hydroxyl groups is 2. The Labute approximate surface area is 233 Å². The summed E-state index contributed by atoms with van der Waals surface area (Å²) in [7, 11) is 0. The summed E-state index contributed by atoms with van der Waals surface area (Å²) in [5.41, 5.74) is 7.33. The number of nitrogens with one attached hydrogen (secondary N) is 2. The largest absolute Gasteiger partial charge is 0.441 e. The molecule has 214 valence electrons. The summed E-state index contributed by atoms with van der Waals surface area (Å²) in [6, 6.07) is 16.3. The third-order valence-electron chi connectivity index (χ3n) is 7.90. The van der Waals surface area contributed by atoms with Crippen LogP contribution in [0.3, 0.4) is 0 Å². The monoisotopic (exact) mass is 537 g/mol. The Kier molecular flexibility index (Phi) is 11.8. The minimum absolute atomic E-state index is 0.0720. The summed E-state index contributed by atoms with van der Waals surface area (Å²) in [6.07, 6.45) is 8.59. The second-order valence-corrected chi connectivity index (χ2v) is 11.1. The minimum atomic E-state index is -1.04. The Morgan fingerprint density at radius 1 is 1.05 bits per heavy atom. The van der Waals surface area contributed by atoms with Gasteiger partial charge in [-0.2, -0.15) is 0 Å². The van der Waals surface area contributed by atoms with E-state index < -0.39 is 23.8 Å². The zero-order chi connectivity index (χ0) is 28.3. The maximum absolute atomic E-state index is 12.3. The van der Waals surface area contributed by atoms with Crippen molar-refractivity contribution in [2.24, 2.45) is 11.7 Å². The first-order chi connectivity index (χ1) is 18.8. The number of fused-ring (bicyclic) bond motifs is 1. The summed E-state index contributed by atoms with van der Waals surface area (Å²) >= 11 is 0. The smallest absolute Gasteiger partial charge is 0.405 e. The standard InChI is InChI=1S/C32H47N3O4/c1-4-5-6-7-8-10-15-23(2)30(35-28(22-36)29(37)24-16-11-9-12-17-24)32(3,39-31(33)38)20-25-21-34-27-19-14-13-18-26(25)27/h9,11-14,16-19,21,23,28-30,34-37H,4-8,10,15,20,22H2,1-3H3,(H2,33,38). The molecule has 39 heavy (non-hydrogen) atoms. The van der Waals surface area contributed by atoms with Gasteiger partial charge in [0.05, 0.1) is 24.8 Å². The Balaban J connectivity index is 1.91. The SMILES string of the molecule is CCCCCCCCC(C)C(NC(CO)C(O)c1ccccc1)C(C)(Cc1c[nH]c2ccccc12)OC(N)=O. The number of benzene rings is 2. The molecule has 6 N–H and O–H groups in total. The van der Waals surface area contributed by atoms with Crippen molar-refractivity contribution in [2.75, 3.05) is 6.61 Å². The van der Waals surface area contributed by atoms with Gasteiger partial charge in [0.1, 0.15) is 5.60 Å². The number of rotatable bonds is 17. The Morgan fingerprint density at radius 3 is 2.41 bits per heavy atom. The number of hydrogen-bond acceptors (Lipinski definition) is 5. The number of aliphatic hydroxyl groups excluding tert-OH is 2. The van der Waals surface area contributed by atoms with Crippen LogP contribution < -0.4 is 11.1 Å². The van der Waals surface area contributed by atoms with E-state index in [9.17, 15) is 15.0 Å². The Bertz CT molecular complexity index is 1130. The number of carbonyl (C=O) groups is 1. The summed E-state index contributed by atoms with van der Waals surface area (Å²) in [5.74, 6) is 0.0720. The maximum Gasteiger partial charge on any atom is 0.405 e. The highest BCUT2D eigenvalue weighted by Crippen LogP contribution is 2.33. The van der Waals surface area contributed by atoms with Crippen molar-refractivity contribution in [3.8, 4) is 0 Å². The molecular formula is C32H47N3O4. The molecule has 0 fully saturated rings. The number of aromatic nitrogens is 1. The number of carbonyl (C=O) groups excluding carboxylic acids is 1. The predicted octanol–water partition coefficient (Wildman–Crippen LogP) is 6.00. The van der Waals surface area contributed by atoms with Gasteiger partial charge >= 0.3 is 6.09 Å². The van der Waals surface area contributed by atoms with Crippen molar-refractivity contribution in [3.05, 3.63) is 71.9 Å². The average molecular weight is 538 g/mol. The van der Waals surface area contributed by atoms with Crippen LogP contribution >= 0.6 is 0 Å². The topological polar surface area (TPSA) is 121 Å². The van der Waals surface area contributed by atoms with Crippen molar-refractivity contribution in [1.29, 1.82) is 0 Å². The van der Waals surface area contributed by atoms with E-state index in [0.717, 1.165) is 35.7 Å². The van der Waals surface area contributed by atoms with Gasteiger partial charge in [-0.05, 0) is 36.5 Å². The fourth-order valence-electron chi connectivity index (χ4n) is 5.81. The summed E-state index contributed by atoms with van der Waals surface area (Å²) in [4.78, 5) is 15.6. The normalized spacial score (nSPS) is 16.3. The van der Waals surface area contributed by atoms with Gasteiger partial charge in [0, 0.05) is 23.5 Å². The molecule has 1 aromatic heterocycles. The zero-order valence-corrected chi connectivity index (χ0v) is 23.7. The highest BCUT2D eigenvalue weighted by molar-refractivity contribution is 5.83. The van der Waals surface area contributed by atoms with Crippen LogP contribution in [0.1, 0.15) is 82.9 Å². The number of aromatic amines is 1. The van der Waals surface area contributed by atoms with Crippen LogP contribution in [0.4, 0.5) is 4.79 Å². The molecule has 0 saturated heterocycles. The molecule has 0 aliphatic carbocycles. The molecule has 3 rings (SSSR count). The third-order valence-corrected chi connectivity index (χ3v) is 7.90. The highest BCUT2D eigenvalue weighted by Gasteiger charge is 2.43. The number of primary amides is 1. The molecule has 0 bridgehead atoms. The number of amides is 1. The van der Waals surface area contributed by atoms with E-state index in [1.165, 1.54) is 25.7 Å². The zero-order valence-electron chi connectivity index (χ0n) is 23.7. The summed E-state index contributed by atoms with van der Waals surface area (Å²) in [5, 5.41) is 26.1. The van der Waals surface area contributed by atoms with Crippen LogP contribution in [0.25, 0.3) is 10.9 Å². The number of unbranched alkanes of at least 4 members (excludes halogenated alkanes) is 5. The van der Waals surface area contributed by atoms with Gasteiger partial charge in [-0.15, -0.1) is 0 Å². The molecule has 5 atom stereocenters. The van der Waals surface area contributed by atoms with E-state index in [1.54, 1.807) is 0 Å². The van der Waals surface area contributed by atoms with E-state index >= 15 is 0 Å². The van der Waals surface area contributed by atoms with Crippen molar-refractivity contribution >= 4 is 17.0 Å². The van der Waals surface area contributed by atoms with Crippen LogP contribution in [0.5, 0.6) is 0 Å². The molecule has 3 aromatic rings. The fraction of sp³-hybridized carbons (Fsp3) is 0.531. The number of ether oxygens (including phenoxy) is 1. The molecule has 2 aromatic carbocycles. The number of para-hydroxylation sites is 1. The van der Waals surface area contributed by atoms with Gasteiger partial charge in [-0.25, -0.2) is 4.79 Å². The minimum Gasteiger partial charge on any atom is -0.441 e. The fourth-order valence-corrected chi connectivity index (χ4v) is 5.81. The Hall–Kier alpha value is -2.87. The van der Waals surface area contributed by atoms with E-state index in [0.29, 0.717) is 12.0 Å². The van der Waals surface area contributed by atoms with E-state index in [-0.39, 0.29) is 18.6 Å². The number of nitrogens with two attached hydrogens (primary N) is 1. The van der Waals surface area contributed by atoms with E-state index in [2.05, 4.69) is 24.1 Å². The molecular weight excluding hydrogens is 490 g/mol. The first-order valence-electron chi connectivity index (χ1n) is 14.4. The van der Waals surface area contributed by atoms with Crippen LogP contribution in [0, 0.1) is 5.92 Å². The molecule has 0 aliphatic rings. The lowest BCUT2D eigenvalue weighted by molar-refractivity contribution is -0.0306. The van der Waals surface area contributed by atoms with Gasteiger partial charge in [-0.1, -0.05) is 101 Å². The number of hydrogen-bond donors (Lipinski definition) is 5. The van der Waals surface area contributed by atoms with Crippen LogP contribution in [0.2, 0.25) is 0 Å². The molecule has 1 heterocycles. The quantitative estimate of drug-likeness (QED) is 0.135. The van der Waals surface area contributed by atoms with Crippen molar-refractivity contribution in [1.82, 2.24) is 10.3 Å². The second kappa shape index (κ2) is 15.1. The molecule has 5 unspecified atom stereocenters. The number of H-pyrrole nitrogens is 1. The van der Waals surface area contributed by atoms with Crippen molar-refractivity contribution in [2.45, 2.75) is 95.9 Å². The van der Waals surface area contributed by atoms with E-state index in [4.69, 9.17) is 10.5 Å². The summed E-state index contributed by atoms with van der Waals surface area (Å²) in [6.45, 7) is 5.98. The molecule has 7 heteroatoms. The Morgan fingerprint density at radius 2 is 1.72 bits per heavy atom. The maximum atomic E-state index is 12.3. The molecule has 0 radical (unpaired) electrons. The van der Waals surface area contributed by atoms with Crippen molar-refractivity contribution in [3.63, 3.8) is 0 Å². The lowest BCUT2D eigenvalue weighted by Crippen LogP contribution is -2.60. The van der Waals surface area contributed by atoms with E-state index in [1.807, 2.05) is 67.7 Å². The van der Waals surface area contributed by atoms with Gasteiger partial charge in [0.2, 0.25) is 0 Å². The first-order valence-corrected chi connectivity index (χ1v) is 14.4.